The van der Waals surface area contributed by atoms with Gasteiger partial charge in [-0.05, 0) is 13.0 Å². The predicted molar refractivity (Wildman–Crippen MR) is 22.7 cm³/mol. The van der Waals surface area contributed by atoms with Crippen LogP contribution in [0.3, 0.4) is 0 Å². The summed E-state index contributed by atoms with van der Waals surface area (Å²) in [6.07, 6.45) is 1.15. The molecule has 0 amide bonds. The van der Waals surface area contributed by atoms with Crippen molar-refractivity contribution in [3.63, 3.8) is 0 Å². The van der Waals surface area contributed by atoms with Crippen LogP contribution >= 0.6 is 0 Å². The summed E-state index contributed by atoms with van der Waals surface area (Å²) >= 11 is 0. The summed E-state index contributed by atoms with van der Waals surface area (Å²) in [4.78, 5) is 0. The van der Waals surface area contributed by atoms with E-state index in [9.17, 15) is 0 Å². The highest BCUT2D eigenvalue weighted by atomic mass is 16.5. The van der Waals surface area contributed by atoms with Gasteiger partial charge >= 0.3 is 0 Å². The lowest BCUT2D eigenvalue weighted by molar-refractivity contribution is 0.00238. The van der Waals surface area contributed by atoms with Crippen LogP contribution in [0.1, 0.15) is 0 Å². The number of aliphatic hydroxyl groups excluding tert-OH is 1. The molecule has 0 spiro atoms. The van der Waals surface area contributed by atoms with Gasteiger partial charge in [-0.3, -0.25) is 0 Å². The van der Waals surface area contributed by atoms with E-state index < -0.39 is 6.29 Å². The molecular formula is C4H7O2. The smallest absolute Gasteiger partial charge is 0.171 e. The van der Waals surface area contributed by atoms with Crippen molar-refractivity contribution in [2.24, 2.45) is 0 Å². The van der Waals surface area contributed by atoms with E-state index in [1.165, 1.54) is 12.2 Å². The van der Waals surface area contributed by atoms with Crippen molar-refractivity contribution in [3.05, 3.63) is 19.1 Å². The fourth-order valence-corrected chi connectivity index (χ4v) is 0.122. The molecule has 0 aromatic carbocycles. The Morgan fingerprint density at radius 2 is 2.00 bits per heavy atom. The Hall–Kier alpha value is -0.340. The van der Waals surface area contributed by atoms with Crippen LogP contribution in [-0.2, 0) is 0 Å². The molecule has 0 heterocycles. The zero-order valence-electron chi connectivity index (χ0n) is 3.33. The summed E-state index contributed by atoms with van der Waals surface area (Å²) in [5.41, 5.74) is 0. The van der Waals surface area contributed by atoms with Crippen LogP contribution in [0.5, 0.6) is 0 Å². The van der Waals surface area contributed by atoms with E-state index in [0.717, 1.165) is 0 Å². The van der Waals surface area contributed by atoms with E-state index in [0.29, 0.717) is 0 Å². The fourth-order valence-electron chi connectivity index (χ4n) is 0.122. The molecule has 0 saturated carbocycles. The molecule has 0 saturated heterocycles. The lowest BCUT2D eigenvalue weighted by Gasteiger charge is -1.86. The predicted octanol–water partition coefficient (Wildman–Crippen LogP) is -0.313. The lowest BCUT2D eigenvalue weighted by Crippen LogP contribution is -1.96. The molecule has 0 fully saturated rings. The summed E-state index contributed by atoms with van der Waals surface area (Å²) in [7, 11) is 0. The zero-order chi connectivity index (χ0) is 4.99. The van der Waals surface area contributed by atoms with Gasteiger partial charge in [0, 0.05) is 0 Å². The molecule has 0 aromatic rings. The SMILES string of the molecule is [CH2]C=CC(O)O. The summed E-state index contributed by atoms with van der Waals surface area (Å²) < 4.78 is 0. The van der Waals surface area contributed by atoms with E-state index in [1.807, 2.05) is 0 Å². The molecule has 0 bridgehead atoms. The van der Waals surface area contributed by atoms with Crippen LogP contribution in [-0.4, -0.2) is 16.5 Å². The van der Waals surface area contributed by atoms with E-state index in [-0.39, 0.29) is 0 Å². The maximum absolute atomic E-state index is 7.98. The Kier molecular flexibility index (Phi) is 2.71. The first kappa shape index (κ1) is 5.66. The minimum absolute atomic E-state index is 1.17. The lowest BCUT2D eigenvalue weighted by atomic mass is 10.5. The van der Waals surface area contributed by atoms with E-state index >= 15 is 0 Å². The maximum Gasteiger partial charge on any atom is 0.171 e. The first-order valence-corrected chi connectivity index (χ1v) is 1.59. The second-order valence-corrected chi connectivity index (χ2v) is 0.842. The quantitative estimate of drug-likeness (QED) is 0.430. The van der Waals surface area contributed by atoms with Crippen molar-refractivity contribution in [1.82, 2.24) is 0 Å². The summed E-state index contributed by atoms with van der Waals surface area (Å²) in [6, 6.07) is 0. The molecule has 2 heteroatoms. The molecule has 6 heavy (non-hydrogen) atoms. The molecule has 0 aliphatic rings. The van der Waals surface area contributed by atoms with Gasteiger partial charge in [0.05, 0.1) is 0 Å². The second-order valence-electron chi connectivity index (χ2n) is 0.842. The Labute approximate surface area is 36.7 Å². The third-order valence-electron chi connectivity index (χ3n) is 0.308. The monoisotopic (exact) mass is 87.0 g/mol. The fraction of sp³-hybridized carbons (Fsp3) is 0.250. The summed E-state index contributed by atoms with van der Waals surface area (Å²) in [5.74, 6) is 0. The molecule has 0 atom stereocenters. The molecule has 0 aliphatic carbocycles. The van der Waals surface area contributed by atoms with Crippen molar-refractivity contribution in [2.45, 2.75) is 6.29 Å². The molecule has 0 aromatic heterocycles. The van der Waals surface area contributed by atoms with Gasteiger partial charge < -0.3 is 10.2 Å². The molecule has 35 valence electrons. The average Bonchev–Trinajstić information content (AvgIpc) is 1.35. The van der Waals surface area contributed by atoms with Crippen molar-refractivity contribution < 1.29 is 10.2 Å². The third-order valence-corrected chi connectivity index (χ3v) is 0.308. The number of allylic oxidation sites excluding steroid dienone is 1. The second kappa shape index (κ2) is 2.87. The largest absolute Gasteiger partial charge is 0.365 e. The van der Waals surface area contributed by atoms with Gasteiger partial charge in [0.15, 0.2) is 6.29 Å². The topological polar surface area (TPSA) is 40.5 Å². The highest BCUT2D eigenvalue weighted by Crippen LogP contribution is 1.73. The minimum Gasteiger partial charge on any atom is -0.365 e. The van der Waals surface area contributed by atoms with Gasteiger partial charge in [-0.1, -0.05) is 6.08 Å². The molecule has 2 nitrogen and oxygen atoms in total. The van der Waals surface area contributed by atoms with Gasteiger partial charge in [0.1, 0.15) is 0 Å². The summed E-state index contributed by atoms with van der Waals surface area (Å²) in [5, 5.41) is 16.0. The van der Waals surface area contributed by atoms with Crippen LogP contribution < -0.4 is 0 Å². The highest BCUT2D eigenvalue weighted by Gasteiger charge is 1.79. The van der Waals surface area contributed by atoms with Crippen molar-refractivity contribution in [1.29, 1.82) is 0 Å². The minimum atomic E-state index is -1.34. The van der Waals surface area contributed by atoms with Crippen LogP contribution in [0.4, 0.5) is 0 Å². The Morgan fingerprint density at radius 1 is 1.50 bits per heavy atom. The number of hydrogen-bond acceptors (Lipinski definition) is 2. The standard InChI is InChI=1S/C4H7O2/c1-2-3-4(5)6/h2-6H,1H2. The van der Waals surface area contributed by atoms with E-state index in [2.05, 4.69) is 6.92 Å². The maximum atomic E-state index is 7.98. The molecule has 2 N–H and O–H groups in total. The average molecular weight is 87.1 g/mol. The van der Waals surface area contributed by atoms with Crippen LogP contribution in [0.2, 0.25) is 0 Å². The molecule has 0 rings (SSSR count). The first-order chi connectivity index (χ1) is 2.77. The number of rotatable bonds is 1. The highest BCUT2D eigenvalue weighted by molar-refractivity contribution is 4.84. The Balaban J connectivity index is 3.03. The molecular weight excluding hydrogens is 80.0 g/mol. The first-order valence-electron chi connectivity index (χ1n) is 1.59. The van der Waals surface area contributed by atoms with Gasteiger partial charge in [-0.2, -0.15) is 0 Å². The molecule has 1 radical (unpaired) electrons. The number of aliphatic hydroxyl groups is 2. The molecule has 0 unspecified atom stereocenters. The molecule has 0 aliphatic heterocycles. The van der Waals surface area contributed by atoms with Crippen LogP contribution in [0.15, 0.2) is 12.2 Å². The van der Waals surface area contributed by atoms with Crippen LogP contribution in [0, 0.1) is 6.92 Å². The van der Waals surface area contributed by atoms with Crippen LogP contribution in [0.25, 0.3) is 0 Å². The Bertz CT molecular complexity index is 47.5. The van der Waals surface area contributed by atoms with Crippen molar-refractivity contribution in [3.8, 4) is 0 Å². The normalized spacial score (nSPS) is 11.3. The van der Waals surface area contributed by atoms with Gasteiger partial charge in [-0.15, -0.1) is 0 Å². The van der Waals surface area contributed by atoms with Gasteiger partial charge in [-0.25, -0.2) is 0 Å². The van der Waals surface area contributed by atoms with E-state index in [4.69, 9.17) is 10.2 Å². The van der Waals surface area contributed by atoms with Crippen molar-refractivity contribution >= 4 is 0 Å². The summed E-state index contributed by atoms with van der Waals surface area (Å²) in [6.45, 7) is 3.23. The van der Waals surface area contributed by atoms with E-state index in [1.54, 1.807) is 0 Å². The Morgan fingerprint density at radius 3 is 2.00 bits per heavy atom. The van der Waals surface area contributed by atoms with Gasteiger partial charge in [0.25, 0.3) is 0 Å². The van der Waals surface area contributed by atoms with Crippen molar-refractivity contribution in [2.75, 3.05) is 0 Å². The number of hydrogen-bond donors (Lipinski definition) is 2. The third kappa shape index (κ3) is 3.66. The zero-order valence-corrected chi connectivity index (χ0v) is 3.33. The van der Waals surface area contributed by atoms with Gasteiger partial charge in [0.2, 0.25) is 0 Å².